The first-order chi connectivity index (χ1) is 13.7. The normalized spacial score (nSPS) is 15.5. The highest BCUT2D eigenvalue weighted by Gasteiger charge is 2.22. The van der Waals surface area contributed by atoms with E-state index in [0.29, 0.717) is 28.5 Å². The molecule has 1 saturated heterocycles. The number of nitrogen functional groups attached to an aromatic ring is 1. The van der Waals surface area contributed by atoms with Gasteiger partial charge in [-0.3, -0.25) is 4.90 Å². The number of furan rings is 2. The Hall–Kier alpha value is -3.11. The summed E-state index contributed by atoms with van der Waals surface area (Å²) in [5.74, 6) is 3.00. The Morgan fingerprint density at radius 3 is 2.64 bits per heavy atom. The van der Waals surface area contributed by atoms with Gasteiger partial charge in [-0.15, -0.1) is 5.10 Å². The smallest absolute Gasteiger partial charge is 0.259 e. The molecule has 0 amide bonds. The van der Waals surface area contributed by atoms with Crippen LogP contribution in [-0.4, -0.2) is 55.6 Å². The summed E-state index contributed by atoms with van der Waals surface area (Å²) < 4.78 is 12.2. The first-order valence-electron chi connectivity index (χ1n) is 8.81. The number of rotatable bonds is 4. The van der Waals surface area contributed by atoms with E-state index in [1.54, 1.807) is 24.5 Å². The summed E-state index contributed by atoms with van der Waals surface area (Å²) in [6.07, 6.45) is 1.57. The summed E-state index contributed by atoms with van der Waals surface area (Å²) in [4.78, 5) is 17.7. The van der Waals surface area contributed by atoms with Crippen molar-refractivity contribution in [1.82, 2.24) is 29.5 Å². The van der Waals surface area contributed by atoms with Crippen molar-refractivity contribution in [3.8, 4) is 11.6 Å². The van der Waals surface area contributed by atoms with E-state index >= 15 is 0 Å². The minimum Gasteiger partial charge on any atom is -0.461 e. The van der Waals surface area contributed by atoms with Crippen molar-refractivity contribution in [2.24, 2.45) is 0 Å². The van der Waals surface area contributed by atoms with Gasteiger partial charge in [-0.2, -0.15) is 19.5 Å². The van der Waals surface area contributed by atoms with E-state index in [4.69, 9.17) is 26.2 Å². The minimum absolute atomic E-state index is 0.234. The van der Waals surface area contributed by atoms with Crippen LogP contribution in [0.5, 0.6) is 0 Å². The Morgan fingerprint density at radius 1 is 1.07 bits per heavy atom. The first kappa shape index (κ1) is 17.0. The summed E-state index contributed by atoms with van der Waals surface area (Å²) in [7, 11) is 0. The SMILES string of the molecule is Nc1nc(N2CCN(Cc3ccc(Cl)o3)CC2)nc2nc(-c3ccco3)nn12. The molecular formula is C17H17ClN8O2. The molecule has 2 N–H and O–H groups in total. The van der Waals surface area contributed by atoms with E-state index < -0.39 is 0 Å². The fourth-order valence-corrected chi connectivity index (χ4v) is 3.37. The predicted octanol–water partition coefficient (Wildman–Crippen LogP) is 1.93. The molecule has 1 aliphatic heterocycles. The summed E-state index contributed by atoms with van der Waals surface area (Å²) in [5, 5.41) is 4.73. The zero-order valence-corrected chi connectivity index (χ0v) is 15.6. The van der Waals surface area contributed by atoms with Gasteiger partial charge in [-0.1, -0.05) is 0 Å². The zero-order valence-electron chi connectivity index (χ0n) is 14.8. The fourth-order valence-electron chi connectivity index (χ4n) is 3.21. The van der Waals surface area contributed by atoms with E-state index in [9.17, 15) is 0 Å². The summed E-state index contributed by atoms with van der Waals surface area (Å²) >= 11 is 5.84. The van der Waals surface area contributed by atoms with Crippen LogP contribution in [0, 0.1) is 0 Å². The quantitative estimate of drug-likeness (QED) is 0.548. The highest BCUT2D eigenvalue weighted by Crippen LogP contribution is 2.20. The third kappa shape index (κ3) is 3.16. The van der Waals surface area contributed by atoms with Gasteiger partial charge in [-0.25, -0.2) is 0 Å². The van der Waals surface area contributed by atoms with E-state index in [0.717, 1.165) is 38.5 Å². The van der Waals surface area contributed by atoms with Gasteiger partial charge in [0.1, 0.15) is 5.76 Å². The maximum Gasteiger partial charge on any atom is 0.259 e. The third-order valence-electron chi connectivity index (χ3n) is 4.63. The topological polar surface area (TPSA) is 115 Å². The van der Waals surface area contributed by atoms with E-state index in [-0.39, 0.29) is 5.95 Å². The first-order valence-corrected chi connectivity index (χ1v) is 9.19. The Morgan fingerprint density at radius 2 is 1.93 bits per heavy atom. The molecule has 0 atom stereocenters. The van der Waals surface area contributed by atoms with E-state index in [1.165, 1.54) is 4.52 Å². The predicted molar refractivity (Wildman–Crippen MR) is 102 cm³/mol. The molecule has 1 aliphatic rings. The van der Waals surface area contributed by atoms with Gasteiger partial charge in [0.2, 0.25) is 17.7 Å². The Balaban J connectivity index is 1.32. The maximum atomic E-state index is 6.08. The molecular weight excluding hydrogens is 384 g/mol. The molecule has 10 nitrogen and oxygen atoms in total. The van der Waals surface area contributed by atoms with Crippen LogP contribution in [0.25, 0.3) is 17.4 Å². The number of piperazine rings is 1. The lowest BCUT2D eigenvalue weighted by Gasteiger charge is -2.34. The van der Waals surface area contributed by atoms with Gasteiger partial charge in [-0.05, 0) is 35.9 Å². The van der Waals surface area contributed by atoms with Crippen LogP contribution in [-0.2, 0) is 6.54 Å². The molecule has 0 saturated carbocycles. The van der Waals surface area contributed by atoms with Crippen LogP contribution in [0.4, 0.5) is 11.9 Å². The average molecular weight is 401 g/mol. The Kier molecular flexibility index (Phi) is 4.14. The highest BCUT2D eigenvalue weighted by molar-refractivity contribution is 6.28. The molecule has 0 unspecified atom stereocenters. The lowest BCUT2D eigenvalue weighted by atomic mass is 10.3. The molecule has 4 aromatic heterocycles. The fraction of sp³-hybridized carbons (Fsp3) is 0.294. The second-order valence-electron chi connectivity index (χ2n) is 6.48. The van der Waals surface area contributed by atoms with Crippen LogP contribution in [0.1, 0.15) is 5.76 Å². The van der Waals surface area contributed by atoms with Crippen molar-refractivity contribution >= 4 is 29.3 Å². The van der Waals surface area contributed by atoms with Gasteiger partial charge < -0.3 is 19.5 Å². The van der Waals surface area contributed by atoms with Crippen LogP contribution in [0.15, 0.2) is 39.4 Å². The second-order valence-corrected chi connectivity index (χ2v) is 6.85. The lowest BCUT2D eigenvalue weighted by molar-refractivity contribution is 0.230. The molecule has 28 heavy (non-hydrogen) atoms. The van der Waals surface area contributed by atoms with Gasteiger partial charge in [0, 0.05) is 26.2 Å². The molecule has 1 fully saturated rings. The molecule has 0 radical (unpaired) electrons. The largest absolute Gasteiger partial charge is 0.461 e. The van der Waals surface area contributed by atoms with Crippen molar-refractivity contribution in [2.75, 3.05) is 36.8 Å². The second kappa shape index (κ2) is 6.80. The minimum atomic E-state index is 0.234. The van der Waals surface area contributed by atoms with Crippen molar-refractivity contribution in [3.05, 3.63) is 41.5 Å². The number of anilines is 2. The number of hydrogen-bond acceptors (Lipinski definition) is 9. The summed E-state index contributed by atoms with van der Waals surface area (Å²) in [5.41, 5.74) is 6.08. The van der Waals surface area contributed by atoms with Crippen LogP contribution in [0.3, 0.4) is 0 Å². The van der Waals surface area contributed by atoms with Gasteiger partial charge in [0.25, 0.3) is 5.78 Å². The Labute approximate surface area is 164 Å². The van der Waals surface area contributed by atoms with E-state index in [2.05, 4.69) is 29.9 Å². The van der Waals surface area contributed by atoms with Gasteiger partial charge in [0.15, 0.2) is 11.0 Å². The number of halogens is 1. The zero-order chi connectivity index (χ0) is 19.1. The van der Waals surface area contributed by atoms with Crippen molar-refractivity contribution in [1.29, 1.82) is 0 Å². The molecule has 4 aromatic rings. The number of nitrogens with two attached hydrogens (primary N) is 1. The highest BCUT2D eigenvalue weighted by atomic mass is 35.5. The molecule has 144 valence electrons. The number of fused-ring (bicyclic) bond motifs is 1. The third-order valence-corrected chi connectivity index (χ3v) is 4.83. The molecule has 0 bridgehead atoms. The molecule has 0 aliphatic carbocycles. The van der Waals surface area contributed by atoms with Crippen molar-refractivity contribution in [2.45, 2.75) is 6.54 Å². The average Bonchev–Trinajstić information content (AvgIpc) is 3.42. The van der Waals surface area contributed by atoms with Gasteiger partial charge in [0.05, 0.1) is 12.8 Å². The summed E-state index contributed by atoms with van der Waals surface area (Å²) in [6, 6.07) is 7.21. The van der Waals surface area contributed by atoms with Gasteiger partial charge >= 0.3 is 0 Å². The van der Waals surface area contributed by atoms with Crippen LogP contribution >= 0.6 is 11.6 Å². The molecule has 5 rings (SSSR count). The monoisotopic (exact) mass is 400 g/mol. The molecule has 0 spiro atoms. The standard InChI is InChI=1S/C17H17ClN8O2/c18-13-4-3-11(28-13)10-24-5-7-25(8-6-24)16-21-15(19)26-17(22-16)20-14(23-26)12-2-1-9-27-12/h1-4,9H,5-8,10H2,(H2,19,20,21,22,23). The molecule has 5 heterocycles. The Bertz CT molecular complexity index is 1100. The number of hydrogen-bond donors (Lipinski definition) is 1. The number of nitrogens with zero attached hydrogens (tertiary/aromatic N) is 7. The van der Waals surface area contributed by atoms with Crippen molar-refractivity contribution < 1.29 is 8.83 Å². The summed E-state index contributed by atoms with van der Waals surface area (Å²) in [6.45, 7) is 3.94. The molecule has 11 heteroatoms. The van der Waals surface area contributed by atoms with Crippen molar-refractivity contribution in [3.63, 3.8) is 0 Å². The number of aromatic nitrogens is 5. The van der Waals surface area contributed by atoms with E-state index in [1.807, 2.05) is 6.07 Å². The van der Waals surface area contributed by atoms with Crippen LogP contribution < -0.4 is 10.6 Å². The van der Waals surface area contributed by atoms with Crippen LogP contribution in [0.2, 0.25) is 5.22 Å². The maximum absolute atomic E-state index is 6.08. The molecule has 0 aromatic carbocycles. The lowest BCUT2D eigenvalue weighted by Crippen LogP contribution is -2.46.